The SMILES string of the molecule is CC(C)(C)OC(=O)[C@@H](C(=O)O)[C@H](N)Cc1c(F)c(F)c(F)c(F)c1F. The lowest BCUT2D eigenvalue weighted by molar-refractivity contribution is -0.167. The van der Waals surface area contributed by atoms with Crippen LogP contribution in [-0.2, 0) is 20.7 Å². The number of nitrogens with two attached hydrogens (primary N) is 1. The molecule has 0 bridgehead atoms. The van der Waals surface area contributed by atoms with Crippen molar-refractivity contribution in [3.05, 3.63) is 34.6 Å². The third-order valence-corrected chi connectivity index (χ3v) is 3.10. The summed E-state index contributed by atoms with van der Waals surface area (Å²) in [7, 11) is 0. The fraction of sp³-hybridized carbons (Fsp3) is 0.467. The molecule has 1 rings (SSSR count). The molecule has 0 aliphatic rings. The van der Waals surface area contributed by atoms with Crippen LogP contribution in [0.15, 0.2) is 0 Å². The predicted octanol–water partition coefficient (Wildman–Crippen LogP) is 2.29. The van der Waals surface area contributed by atoms with Gasteiger partial charge < -0.3 is 15.6 Å². The Bertz CT molecular complexity index is 673. The molecule has 0 spiro atoms. The average molecular weight is 369 g/mol. The molecule has 0 aliphatic heterocycles. The second kappa shape index (κ2) is 7.34. The van der Waals surface area contributed by atoms with E-state index in [-0.39, 0.29) is 0 Å². The Morgan fingerprint density at radius 1 is 1.00 bits per heavy atom. The first kappa shape index (κ1) is 20.8. The van der Waals surface area contributed by atoms with E-state index in [1.54, 1.807) is 0 Å². The molecular formula is C15H16F5NO4. The molecule has 0 unspecified atom stereocenters. The Morgan fingerprint density at radius 2 is 1.40 bits per heavy atom. The van der Waals surface area contributed by atoms with Gasteiger partial charge in [0.25, 0.3) is 0 Å². The summed E-state index contributed by atoms with van der Waals surface area (Å²) in [6, 6.07) is -1.79. The zero-order valence-electron chi connectivity index (χ0n) is 13.5. The van der Waals surface area contributed by atoms with Crippen molar-refractivity contribution in [1.29, 1.82) is 0 Å². The van der Waals surface area contributed by atoms with E-state index in [4.69, 9.17) is 15.6 Å². The maximum absolute atomic E-state index is 13.7. The predicted molar refractivity (Wildman–Crippen MR) is 74.9 cm³/mol. The number of carbonyl (C=O) groups excluding carboxylic acids is 1. The van der Waals surface area contributed by atoms with Gasteiger partial charge in [-0.1, -0.05) is 0 Å². The molecule has 0 radical (unpaired) electrons. The minimum absolute atomic E-state index is 1.07. The van der Waals surface area contributed by atoms with Crippen LogP contribution in [0.3, 0.4) is 0 Å². The number of carboxylic acids is 1. The molecule has 3 N–H and O–H groups in total. The Hall–Kier alpha value is -2.23. The summed E-state index contributed by atoms with van der Waals surface area (Å²) in [5, 5.41) is 9.10. The number of esters is 1. The highest BCUT2D eigenvalue weighted by Gasteiger charge is 2.38. The minimum atomic E-state index is -2.35. The van der Waals surface area contributed by atoms with Gasteiger partial charge in [0.05, 0.1) is 0 Å². The molecule has 10 heteroatoms. The van der Waals surface area contributed by atoms with E-state index in [0.717, 1.165) is 0 Å². The summed E-state index contributed by atoms with van der Waals surface area (Å²) in [5.74, 6) is -16.1. The lowest BCUT2D eigenvalue weighted by atomic mass is 9.93. The molecule has 2 atom stereocenters. The lowest BCUT2D eigenvalue weighted by Gasteiger charge is -2.25. The molecule has 0 saturated carbocycles. The third-order valence-electron chi connectivity index (χ3n) is 3.10. The first-order valence-corrected chi connectivity index (χ1v) is 6.99. The molecule has 1 aromatic carbocycles. The van der Waals surface area contributed by atoms with Crippen LogP contribution in [0.25, 0.3) is 0 Å². The summed E-state index contributed by atoms with van der Waals surface area (Å²) in [5.41, 5.74) is 3.11. The Balaban J connectivity index is 3.21. The fourth-order valence-corrected chi connectivity index (χ4v) is 2.01. The summed E-state index contributed by atoms with van der Waals surface area (Å²) in [6.45, 7) is 4.33. The molecule has 5 nitrogen and oxygen atoms in total. The van der Waals surface area contributed by atoms with Crippen LogP contribution in [0, 0.1) is 35.0 Å². The van der Waals surface area contributed by atoms with Crippen molar-refractivity contribution in [2.75, 3.05) is 0 Å². The van der Waals surface area contributed by atoms with E-state index in [1.807, 2.05) is 0 Å². The molecule has 1 aromatic rings. The maximum Gasteiger partial charge on any atom is 0.322 e. The van der Waals surface area contributed by atoms with E-state index in [0.29, 0.717) is 0 Å². The second-order valence-electron chi connectivity index (χ2n) is 6.27. The van der Waals surface area contributed by atoms with Crippen molar-refractivity contribution in [3.8, 4) is 0 Å². The largest absolute Gasteiger partial charge is 0.481 e. The molecular weight excluding hydrogens is 353 g/mol. The van der Waals surface area contributed by atoms with Crippen LogP contribution in [0.1, 0.15) is 26.3 Å². The van der Waals surface area contributed by atoms with Gasteiger partial charge in [-0.05, 0) is 27.2 Å². The summed E-state index contributed by atoms with van der Waals surface area (Å²) in [4.78, 5) is 23.2. The molecule has 0 amide bonds. The zero-order valence-corrected chi connectivity index (χ0v) is 13.5. The van der Waals surface area contributed by atoms with E-state index >= 15 is 0 Å². The molecule has 0 saturated heterocycles. The zero-order chi connectivity index (χ0) is 19.7. The molecule has 140 valence electrons. The van der Waals surface area contributed by atoms with Crippen molar-refractivity contribution in [2.24, 2.45) is 11.7 Å². The van der Waals surface area contributed by atoms with Crippen LogP contribution in [0.4, 0.5) is 22.0 Å². The van der Waals surface area contributed by atoms with Crippen molar-refractivity contribution in [3.63, 3.8) is 0 Å². The first-order chi connectivity index (χ1) is 11.3. The average Bonchev–Trinajstić information content (AvgIpc) is 2.45. The van der Waals surface area contributed by atoms with Crippen molar-refractivity contribution in [2.45, 2.75) is 38.8 Å². The molecule has 25 heavy (non-hydrogen) atoms. The van der Waals surface area contributed by atoms with E-state index in [9.17, 15) is 31.5 Å². The molecule has 0 aromatic heterocycles. The van der Waals surface area contributed by atoms with Crippen LogP contribution >= 0.6 is 0 Å². The molecule has 0 fully saturated rings. The smallest absolute Gasteiger partial charge is 0.322 e. The van der Waals surface area contributed by atoms with Gasteiger partial charge in [-0.15, -0.1) is 0 Å². The standard InChI is InChI=1S/C15H16F5NO4/c1-15(2,3)25-14(24)7(13(22)23)6(21)4-5-8(16)10(18)12(20)11(19)9(5)17/h6-7H,4,21H2,1-3H3,(H,22,23)/t6-,7-/m1/s1. The summed E-state index contributed by atoms with van der Waals surface area (Å²) in [6.07, 6.45) is -1.08. The van der Waals surface area contributed by atoms with Gasteiger partial charge in [0.1, 0.15) is 5.60 Å². The fourth-order valence-electron chi connectivity index (χ4n) is 2.01. The number of aliphatic carboxylic acids is 1. The Morgan fingerprint density at radius 3 is 1.76 bits per heavy atom. The number of hydrogen-bond donors (Lipinski definition) is 2. The van der Waals surface area contributed by atoms with Crippen LogP contribution < -0.4 is 5.73 Å². The number of benzene rings is 1. The quantitative estimate of drug-likeness (QED) is 0.273. The highest BCUT2D eigenvalue weighted by molar-refractivity contribution is 5.95. The van der Waals surface area contributed by atoms with E-state index in [2.05, 4.69) is 0 Å². The van der Waals surface area contributed by atoms with Gasteiger partial charge in [-0.25, -0.2) is 22.0 Å². The van der Waals surface area contributed by atoms with Gasteiger partial charge in [0.15, 0.2) is 29.2 Å². The highest BCUT2D eigenvalue weighted by Crippen LogP contribution is 2.25. The van der Waals surface area contributed by atoms with E-state index < -0.39 is 70.6 Å². The number of rotatable bonds is 5. The van der Waals surface area contributed by atoms with E-state index in [1.165, 1.54) is 20.8 Å². The van der Waals surface area contributed by atoms with Crippen LogP contribution in [0.5, 0.6) is 0 Å². The maximum atomic E-state index is 13.7. The van der Waals surface area contributed by atoms with Crippen molar-refractivity contribution < 1.29 is 41.4 Å². The third kappa shape index (κ3) is 4.65. The van der Waals surface area contributed by atoms with Gasteiger partial charge in [-0.2, -0.15) is 0 Å². The number of hydrogen-bond acceptors (Lipinski definition) is 4. The second-order valence-corrected chi connectivity index (χ2v) is 6.27. The van der Waals surface area contributed by atoms with Gasteiger partial charge in [0, 0.05) is 11.6 Å². The molecule has 0 aliphatic carbocycles. The van der Waals surface area contributed by atoms with Crippen molar-refractivity contribution in [1.82, 2.24) is 0 Å². The summed E-state index contributed by atoms with van der Waals surface area (Å²) < 4.78 is 71.5. The number of carboxylic acid groups (broad SMARTS) is 1. The summed E-state index contributed by atoms with van der Waals surface area (Å²) >= 11 is 0. The van der Waals surface area contributed by atoms with Gasteiger partial charge in [-0.3, -0.25) is 9.59 Å². The lowest BCUT2D eigenvalue weighted by Crippen LogP contribution is -2.45. The monoisotopic (exact) mass is 369 g/mol. The number of ether oxygens (including phenoxy) is 1. The number of carbonyl (C=O) groups is 2. The normalized spacial score (nSPS) is 14.1. The van der Waals surface area contributed by atoms with Crippen LogP contribution in [0.2, 0.25) is 0 Å². The van der Waals surface area contributed by atoms with Gasteiger partial charge in [0.2, 0.25) is 5.82 Å². The first-order valence-electron chi connectivity index (χ1n) is 6.99. The Kier molecular flexibility index (Phi) is 6.11. The Labute approximate surface area is 139 Å². The van der Waals surface area contributed by atoms with Crippen LogP contribution in [-0.4, -0.2) is 28.7 Å². The molecule has 0 heterocycles. The minimum Gasteiger partial charge on any atom is -0.481 e. The van der Waals surface area contributed by atoms with Crippen molar-refractivity contribution >= 4 is 11.9 Å². The highest BCUT2D eigenvalue weighted by atomic mass is 19.2. The topological polar surface area (TPSA) is 89.6 Å². The van der Waals surface area contributed by atoms with Gasteiger partial charge >= 0.3 is 11.9 Å². The number of halogens is 5.